The van der Waals surface area contributed by atoms with E-state index in [0.717, 1.165) is 11.1 Å². The van der Waals surface area contributed by atoms with Crippen LogP contribution in [0.25, 0.3) is 0 Å². The molecule has 4 N–H and O–H groups in total. The molecule has 0 aliphatic heterocycles. The number of aliphatic hydroxyl groups is 2. The van der Waals surface area contributed by atoms with Gasteiger partial charge in [-0.2, -0.15) is 0 Å². The van der Waals surface area contributed by atoms with Gasteiger partial charge in [0.05, 0.1) is 18.6 Å². The van der Waals surface area contributed by atoms with Crippen LogP contribution >= 0.6 is 0 Å². The Morgan fingerprint density at radius 2 is 2.06 bits per heavy atom. The third kappa shape index (κ3) is 6.24. The van der Waals surface area contributed by atoms with Gasteiger partial charge in [-0.3, -0.25) is 4.79 Å². The number of allylic oxidation sites excluding steroid dienone is 3. The number of hydrogen-bond donors (Lipinski definition) is 3. The minimum Gasteiger partial charge on any atom is -0.392 e. The predicted molar refractivity (Wildman–Crippen MR) is 68.2 cm³/mol. The largest absolute Gasteiger partial charge is 0.392 e. The molecule has 2 atom stereocenters. The summed E-state index contributed by atoms with van der Waals surface area (Å²) in [6.45, 7) is 5.43. The zero-order valence-electron chi connectivity index (χ0n) is 10.8. The Labute approximate surface area is 103 Å². The van der Waals surface area contributed by atoms with Crippen molar-refractivity contribution in [2.75, 3.05) is 6.61 Å². The van der Waals surface area contributed by atoms with Crippen molar-refractivity contribution in [3.63, 3.8) is 0 Å². The minimum absolute atomic E-state index is 0.0388. The fourth-order valence-electron chi connectivity index (χ4n) is 1.38. The normalized spacial score (nSPS) is 16.8. The van der Waals surface area contributed by atoms with E-state index in [9.17, 15) is 9.90 Å². The molecule has 0 fully saturated rings. The maximum Gasteiger partial charge on any atom is 0.222 e. The smallest absolute Gasteiger partial charge is 0.222 e. The van der Waals surface area contributed by atoms with Crippen molar-refractivity contribution in [3.8, 4) is 0 Å². The Morgan fingerprint density at radius 1 is 1.47 bits per heavy atom. The molecule has 0 aliphatic rings. The summed E-state index contributed by atoms with van der Waals surface area (Å²) < 4.78 is 0. The molecule has 4 nitrogen and oxygen atoms in total. The first kappa shape index (κ1) is 15.9. The van der Waals surface area contributed by atoms with E-state index in [2.05, 4.69) is 0 Å². The number of nitrogens with two attached hydrogens (primary N) is 1. The van der Waals surface area contributed by atoms with E-state index in [1.165, 1.54) is 0 Å². The Balaban J connectivity index is 4.34. The third-order valence-electron chi connectivity index (χ3n) is 2.88. The molecule has 17 heavy (non-hydrogen) atoms. The van der Waals surface area contributed by atoms with Gasteiger partial charge in [-0.15, -0.1) is 0 Å². The van der Waals surface area contributed by atoms with Crippen LogP contribution in [-0.4, -0.2) is 28.8 Å². The van der Waals surface area contributed by atoms with Crippen molar-refractivity contribution in [3.05, 3.63) is 23.3 Å². The van der Waals surface area contributed by atoms with Crippen molar-refractivity contribution in [2.24, 2.45) is 11.7 Å². The van der Waals surface area contributed by atoms with Crippen LogP contribution in [0.1, 0.15) is 33.6 Å². The minimum atomic E-state index is -0.756. The quantitative estimate of drug-likeness (QED) is 0.584. The Kier molecular flexibility index (Phi) is 7.50. The van der Waals surface area contributed by atoms with E-state index < -0.39 is 17.9 Å². The van der Waals surface area contributed by atoms with Crippen molar-refractivity contribution in [1.29, 1.82) is 0 Å². The topological polar surface area (TPSA) is 83.6 Å². The average Bonchev–Trinajstić information content (AvgIpc) is 2.32. The number of aliphatic hydroxyl groups excluding tert-OH is 2. The Morgan fingerprint density at radius 3 is 2.47 bits per heavy atom. The van der Waals surface area contributed by atoms with E-state index in [4.69, 9.17) is 10.8 Å². The van der Waals surface area contributed by atoms with E-state index in [-0.39, 0.29) is 6.61 Å². The van der Waals surface area contributed by atoms with Gasteiger partial charge >= 0.3 is 0 Å². The first-order chi connectivity index (χ1) is 7.92. The van der Waals surface area contributed by atoms with Gasteiger partial charge in [-0.1, -0.05) is 24.6 Å². The van der Waals surface area contributed by atoms with Crippen LogP contribution in [0.5, 0.6) is 0 Å². The molecule has 0 bridgehead atoms. The summed E-state index contributed by atoms with van der Waals surface area (Å²) in [7, 11) is 0. The summed E-state index contributed by atoms with van der Waals surface area (Å²) in [6, 6.07) is 0. The SMILES string of the molecule is CC=C(C)C=C(CO)CCC(O)C(C)C(N)=O. The van der Waals surface area contributed by atoms with E-state index >= 15 is 0 Å². The number of rotatable bonds is 7. The van der Waals surface area contributed by atoms with E-state index in [1.54, 1.807) is 6.92 Å². The van der Waals surface area contributed by atoms with Crippen molar-refractivity contribution in [2.45, 2.75) is 39.7 Å². The molecule has 0 aliphatic carbocycles. The number of carbonyl (C=O) groups is 1. The maximum atomic E-state index is 10.9. The molecule has 1 amide bonds. The lowest BCUT2D eigenvalue weighted by Crippen LogP contribution is -2.31. The molecule has 2 unspecified atom stereocenters. The number of hydrogen-bond acceptors (Lipinski definition) is 3. The number of amides is 1. The summed E-state index contributed by atoms with van der Waals surface area (Å²) in [5.41, 5.74) is 7.01. The van der Waals surface area contributed by atoms with Gasteiger partial charge in [0.15, 0.2) is 0 Å². The highest BCUT2D eigenvalue weighted by Gasteiger charge is 2.19. The summed E-state index contributed by atoms with van der Waals surface area (Å²) >= 11 is 0. The molecule has 98 valence electrons. The van der Waals surface area contributed by atoms with Gasteiger partial charge < -0.3 is 15.9 Å². The van der Waals surface area contributed by atoms with Crippen LogP contribution in [0, 0.1) is 5.92 Å². The summed E-state index contributed by atoms with van der Waals surface area (Å²) in [5.74, 6) is -1.06. The molecule has 0 saturated carbocycles. The zero-order chi connectivity index (χ0) is 13.4. The number of primary amides is 1. The summed E-state index contributed by atoms with van der Waals surface area (Å²) in [4.78, 5) is 10.9. The third-order valence-corrected chi connectivity index (χ3v) is 2.88. The highest BCUT2D eigenvalue weighted by Crippen LogP contribution is 2.14. The molecule has 0 aromatic rings. The van der Waals surface area contributed by atoms with Crippen LogP contribution in [0.2, 0.25) is 0 Å². The first-order valence-corrected chi connectivity index (χ1v) is 5.83. The lowest BCUT2D eigenvalue weighted by molar-refractivity contribution is -0.124. The second kappa shape index (κ2) is 8.03. The Hall–Kier alpha value is -1.13. The van der Waals surface area contributed by atoms with Crippen molar-refractivity contribution < 1.29 is 15.0 Å². The molecule has 0 aromatic heterocycles. The van der Waals surface area contributed by atoms with E-state index in [0.29, 0.717) is 12.8 Å². The molecule has 4 heteroatoms. The molecule has 0 aromatic carbocycles. The highest BCUT2D eigenvalue weighted by atomic mass is 16.3. The average molecular weight is 241 g/mol. The molecule has 0 radical (unpaired) electrons. The molecule has 0 saturated heterocycles. The molecule has 0 spiro atoms. The number of carbonyl (C=O) groups excluding carboxylic acids is 1. The standard InChI is InChI=1S/C13H23NO3/c1-4-9(2)7-11(8-15)5-6-12(16)10(3)13(14)17/h4,7,10,12,15-16H,5-6,8H2,1-3H3,(H2,14,17). The van der Waals surface area contributed by atoms with Crippen LogP contribution in [0.15, 0.2) is 23.3 Å². The molecule has 0 heterocycles. The zero-order valence-corrected chi connectivity index (χ0v) is 10.8. The molecular weight excluding hydrogens is 218 g/mol. The predicted octanol–water partition coefficient (Wildman–Crippen LogP) is 1.13. The van der Waals surface area contributed by atoms with Crippen LogP contribution in [0.4, 0.5) is 0 Å². The van der Waals surface area contributed by atoms with Gasteiger partial charge in [-0.25, -0.2) is 0 Å². The van der Waals surface area contributed by atoms with Crippen LogP contribution in [0.3, 0.4) is 0 Å². The summed E-state index contributed by atoms with van der Waals surface area (Å²) in [6.07, 6.45) is 4.06. The van der Waals surface area contributed by atoms with Crippen LogP contribution < -0.4 is 5.73 Å². The lowest BCUT2D eigenvalue weighted by atomic mass is 9.97. The molecule has 0 rings (SSSR count). The van der Waals surface area contributed by atoms with Crippen molar-refractivity contribution in [1.82, 2.24) is 0 Å². The van der Waals surface area contributed by atoms with Gasteiger partial charge in [0, 0.05) is 0 Å². The summed E-state index contributed by atoms with van der Waals surface area (Å²) in [5, 5.41) is 18.9. The van der Waals surface area contributed by atoms with Gasteiger partial charge in [0.2, 0.25) is 5.91 Å². The first-order valence-electron chi connectivity index (χ1n) is 5.83. The van der Waals surface area contributed by atoms with Crippen molar-refractivity contribution >= 4 is 5.91 Å². The monoisotopic (exact) mass is 241 g/mol. The Bertz CT molecular complexity index is 308. The van der Waals surface area contributed by atoms with Gasteiger partial charge in [-0.05, 0) is 32.3 Å². The van der Waals surface area contributed by atoms with E-state index in [1.807, 2.05) is 26.0 Å². The maximum absolute atomic E-state index is 10.9. The second-order valence-electron chi connectivity index (χ2n) is 4.29. The fraction of sp³-hybridized carbons (Fsp3) is 0.615. The van der Waals surface area contributed by atoms with Gasteiger partial charge in [0.25, 0.3) is 0 Å². The van der Waals surface area contributed by atoms with Crippen LogP contribution in [-0.2, 0) is 4.79 Å². The fourth-order valence-corrected chi connectivity index (χ4v) is 1.38. The molecular formula is C13H23NO3. The van der Waals surface area contributed by atoms with Gasteiger partial charge in [0.1, 0.15) is 0 Å². The lowest BCUT2D eigenvalue weighted by Gasteiger charge is -2.16. The highest BCUT2D eigenvalue weighted by molar-refractivity contribution is 5.76. The second-order valence-corrected chi connectivity index (χ2v) is 4.29.